The van der Waals surface area contributed by atoms with Gasteiger partial charge in [-0.1, -0.05) is 25.4 Å². The molecule has 2 aromatic rings. The topological polar surface area (TPSA) is 25.2 Å². The molecule has 1 atom stereocenters. The zero-order valence-corrected chi connectivity index (χ0v) is 15.4. The second-order valence-corrected chi connectivity index (χ2v) is 8.33. The molecular weight excluding hydrogens is 397 g/mol. The van der Waals surface area contributed by atoms with Crippen LogP contribution in [0.3, 0.4) is 0 Å². The summed E-state index contributed by atoms with van der Waals surface area (Å²) in [7, 11) is 0. The van der Waals surface area contributed by atoms with Crippen molar-refractivity contribution in [1.82, 2.24) is 4.57 Å². The standard InChI is InChI=1S/C17H19ClINO/c1-10-6-12-15(8-17(2,3)9-16(12)21)20(10)14-5-4-11(19)7-13(14)18/h4-7,16,21H,8-9H2,1-3H3. The lowest BCUT2D eigenvalue weighted by molar-refractivity contribution is 0.0987. The first-order valence-corrected chi connectivity index (χ1v) is 8.59. The molecule has 2 nitrogen and oxygen atoms in total. The summed E-state index contributed by atoms with van der Waals surface area (Å²) in [4.78, 5) is 0. The van der Waals surface area contributed by atoms with E-state index in [-0.39, 0.29) is 11.5 Å². The summed E-state index contributed by atoms with van der Waals surface area (Å²) >= 11 is 8.72. The van der Waals surface area contributed by atoms with E-state index in [1.165, 1.54) is 5.69 Å². The Bertz CT molecular complexity index is 705. The van der Waals surface area contributed by atoms with Crippen LogP contribution in [0.25, 0.3) is 5.69 Å². The van der Waals surface area contributed by atoms with Crippen LogP contribution in [-0.2, 0) is 6.42 Å². The molecule has 0 amide bonds. The minimum atomic E-state index is -0.383. The van der Waals surface area contributed by atoms with Crippen molar-refractivity contribution in [3.8, 4) is 5.69 Å². The van der Waals surface area contributed by atoms with Crippen LogP contribution in [-0.4, -0.2) is 9.67 Å². The smallest absolute Gasteiger partial charge is 0.0812 e. The fourth-order valence-corrected chi connectivity index (χ4v) is 4.28. The van der Waals surface area contributed by atoms with Gasteiger partial charge >= 0.3 is 0 Å². The number of hydrogen-bond donors (Lipinski definition) is 1. The maximum atomic E-state index is 10.4. The summed E-state index contributed by atoms with van der Waals surface area (Å²) in [5.74, 6) is 0. The van der Waals surface area contributed by atoms with Gasteiger partial charge in [-0.3, -0.25) is 0 Å². The number of hydrogen-bond acceptors (Lipinski definition) is 1. The molecule has 21 heavy (non-hydrogen) atoms. The van der Waals surface area contributed by atoms with Gasteiger partial charge in [-0.05, 0) is 72.0 Å². The average Bonchev–Trinajstić information content (AvgIpc) is 2.65. The highest BCUT2D eigenvalue weighted by Crippen LogP contribution is 2.43. The monoisotopic (exact) mass is 415 g/mol. The van der Waals surface area contributed by atoms with Crippen molar-refractivity contribution in [2.45, 2.75) is 39.7 Å². The van der Waals surface area contributed by atoms with Crippen LogP contribution < -0.4 is 0 Å². The van der Waals surface area contributed by atoms with E-state index in [2.05, 4.69) is 66.1 Å². The Kier molecular flexibility index (Phi) is 3.87. The maximum Gasteiger partial charge on any atom is 0.0812 e. The molecule has 0 spiro atoms. The number of halogens is 2. The maximum absolute atomic E-state index is 10.4. The largest absolute Gasteiger partial charge is 0.388 e. The van der Waals surface area contributed by atoms with Crippen molar-refractivity contribution in [3.63, 3.8) is 0 Å². The lowest BCUT2D eigenvalue weighted by Crippen LogP contribution is -2.26. The van der Waals surface area contributed by atoms with Crippen LogP contribution >= 0.6 is 34.2 Å². The summed E-state index contributed by atoms with van der Waals surface area (Å²) in [6.07, 6.45) is 1.38. The van der Waals surface area contributed by atoms with Crippen LogP contribution in [0.1, 0.15) is 43.3 Å². The highest BCUT2D eigenvalue weighted by molar-refractivity contribution is 14.1. The van der Waals surface area contributed by atoms with Gasteiger partial charge in [-0.25, -0.2) is 0 Å². The molecule has 0 aliphatic heterocycles. The third-order valence-electron chi connectivity index (χ3n) is 4.22. The van der Waals surface area contributed by atoms with Crippen molar-refractivity contribution >= 4 is 34.2 Å². The van der Waals surface area contributed by atoms with Crippen molar-refractivity contribution in [1.29, 1.82) is 0 Å². The Labute approximate surface area is 144 Å². The molecule has 0 fully saturated rings. The summed E-state index contributed by atoms with van der Waals surface area (Å²) in [6, 6.07) is 8.21. The molecule has 4 heteroatoms. The molecule has 1 aliphatic carbocycles. The molecule has 1 heterocycles. The van der Waals surface area contributed by atoms with E-state index < -0.39 is 0 Å². The second kappa shape index (κ2) is 5.28. The van der Waals surface area contributed by atoms with Gasteiger partial charge in [0.05, 0.1) is 16.8 Å². The lowest BCUT2D eigenvalue weighted by atomic mass is 9.75. The van der Waals surface area contributed by atoms with E-state index in [0.717, 1.165) is 38.4 Å². The number of nitrogens with zero attached hydrogens (tertiary/aromatic N) is 1. The van der Waals surface area contributed by atoms with Gasteiger partial charge in [0.15, 0.2) is 0 Å². The van der Waals surface area contributed by atoms with Crippen LogP contribution in [0.15, 0.2) is 24.3 Å². The summed E-state index contributed by atoms with van der Waals surface area (Å²) in [5.41, 5.74) is 4.48. The first-order chi connectivity index (χ1) is 9.78. The first-order valence-electron chi connectivity index (χ1n) is 7.13. The molecular formula is C17H19ClINO. The number of aliphatic hydroxyl groups excluding tert-OH is 1. The molecule has 3 rings (SSSR count). The predicted octanol–water partition coefficient (Wildman–Crippen LogP) is 5.05. The van der Waals surface area contributed by atoms with Gasteiger partial charge in [0, 0.05) is 20.5 Å². The third-order valence-corrected chi connectivity index (χ3v) is 5.20. The molecule has 0 radical (unpaired) electrons. The second-order valence-electron chi connectivity index (χ2n) is 6.68. The molecule has 0 saturated heterocycles. The zero-order chi connectivity index (χ0) is 15.4. The van der Waals surface area contributed by atoms with Crippen LogP contribution in [0.4, 0.5) is 0 Å². The van der Waals surface area contributed by atoms with Gasteiger partial charge in [0.25, 0.3) is 0 Å². The van der Waals surface area contributed by atoms with E-state index in [4.69, 9.17) is 11.6 Å². The molecule has 112 valence electrons. The highest BCUT2D eigenvalue weighted by Gasteiger charge is 2.34. The van der Waals surface area contributed by atoms with E-state index in [1.807, 2.05) is 6.07 Å². The summed E-state index contributed by atoms with van der Waals surface area (Å²) in [5, 5.41) is 11.2. The average molecular weight is 416 g/mol. The number of aliphatic hydroxyl groups is 1. The van der Waals surface area contributed by atoms with Crippen molar-refractivity contribution in [2.24, 2.45) is 5.41 Å². The number of rotatable bonds is 1. The Hall–Kier alpha value is -0.520. The molecule has 1 unspecified atom stereocenters. The summed E-state index contributed by atoms with van der Waals surface area (Å²) in [6.45, 7) is 6.50. The Morgan fingerprint density at radius 3 is 2.71 bits per heavy atom. The number of benzene rings is 1. The van der Waals surface area contributed by atoms with Crippen LogP contribution in [0, 0.1) is 15.9 Å². The third kappa shape index (κ3) is 2.76. The summed E-state index contributed by atoms with van der Waals surface area (Å²) < 4.78 is 3.33. The van der Waals surface area contributed by atoms with E-state index >= 15 is 0 Å². The van der Waals surface area contributed by atoms with Crippen LogP contribution in [0.5, 0.6) is 0 Å². The lowest BCUT2D eigenvalue weighted by Gasteiger charge is -2.34. The van der Waals surface area contributed by atoms with Gasteiger partial charge < -0.3 is 9.67 Å². The molecule has 0 saturated carbocycles. The highest BCUT2D eigenvalue weighted by atomic mass is 127. The van der Waals surface area contributed by atoms with Crippen molar-refractivity contribution in [3.05, 3.63) is 49.8 Å². The number of aromatic nitrogens is 1. The molecule has 1 aromatic heterocycles. The minimum absolute atomic E-state index is 0.102. The zero-order valence-electron chi connectivity index (χ0n) is 12.5. The minimum Gasteiger partial charge on any atom is -0.388 e. The quantitative estimate of drug-likeness (QED) is 0.648. The van der Waals surface area contributed by atoms with E-state index in [9.17, 15) is 5.11 Å². The van der Waals surface area contributed by atoms with Gasteiger partial charge in [-0.15, -0.1) is 0 Å². The molecule has 1 N–H and O–H groups in total. The van der Waals surface area contributed by atoms with Crippen LogP contribution in [0.2, 0.25) is 5.02 Å². The number of fused-ring (bicyclic) bond motifs is 1. The normalized spacial score (nSPS) is 20.4. The number of aryl methyl sites for hydroxylation is 1. The predicted molar refractivity (Wildman–Crippen MR) is 95.3 cm³/mol. The van der Waals surface area contributed by atoms with Gasteiger partial charge in [-0.2, -0.15) is 0 Å². The molecule has 1 aliphatic rings. The molecule has 0 bridgehead atoms. The molecule has 1 aromatic carbocycles. The van der Waals surface area contributed by atoms with Crippen molar-refractivity contribution < 1.29 is 5.11 Å². The van der Waals surface area contributed by atoms with E-state index in [0.29, 0.717) is 0 Å². The Balaban J connectivity index is 2.21. The Morgan fingerprint density at radius 2 is 2.05 bits per heavy atom. The van der Waals surface area contributed by atoms with Crippen molar-refractivity contribution in [2.75, 3.05) is 0 Å². The van der Waals surface area contributed by atoms with E-state index in [1.54, 1.807) is 0 Å². The SMILES string of the molecule is Cc1cc2c(n1-c1ccc(I)cc1Cl)CC(C)(C)CC2O. The van der Waals surface area contributed by atoms with Gasteiger partial charge in [0.2, 0.25) is 0 Å². The fourth-order valence-electron chi connectivity index (χ4n) is 3.34. The first kappa shape index (κ1) is 15.4. The Morgan fingerprint density at radius 1 is 1.33 bits per heavy atom. The van der Waals surface area contributed by atoms with Gasteiger partial charge in [0.1, 0.15) is 0 Å². The fraction of sp³-hybridized carbons (Fsp3) is 0.412.